The summed E-state index contributed by atoms with van der Waals surface area (Å²) in [6, 6.07) is 0.394. The lowest BCUT2D eigenvalue weighted by Crippen LogP contribution is -2.33. The number of nitrogens with zero attached hydrogens (tertiary/aromatic N) is 1. The van der Waals surface area contributed by atoms with Crippen molar-refractivity contribution in [3.05, 3.63) is 16.1 Å². The first-order valence-electron chi connectivity index (χ1n) is 6.20. The van der Waals surface area contributed by atoms with Gasteiger partial charge in [0.05, 0.1) is 12.1 Å². The summed E-state index contributed by atoms with van der Waals surface area (Å²) in [5.41, 5.74) is 6.47. The molecule has 0 aromatic carbocycles. The van der Waals surface area contributed by atoms with Gasteiger partial charge in [-0.1, -0.05) is 12.8 Å². The number of hydrogen-bond donors (Lipinski definition) is 2. The van der Waals surface area contributed by atoms with Gasteiger partial charge in [-0.3, -0.25) is 4.79 Å². The van der Waals surface area contributed by atoms with Crippen LogP contribution in [0, 0.1) is 0 Å². The van der Waals surface area contributed by atoms with Gasteiger partial charge in [-0.05, 0) is 19.4 Å². The molecule has 1 aliphatic carbocycles. The molecule has 1 amide bonds. The average Bonchev–Trinajstić information content (AvgIpc) is 2.91. The van der Waals surface area contributed by atoms with Crippen molar-refractivity contribution < 1.29 is 4.79 Å². The third-order valence-electron chi connectivity index (χ3n) is 3.03. The summed E-state index contributed by atoms with van der Waals surface area (Å²) in [6.07, 6.45) is 5.93. The smallest absolute Gasteiger partial charge is 0.227 e. The van der Waals surface area contributed by atoms with Crippen molar-refractivity contribution in [2.24, 2.45) is 5.73 Å². The van der Waals surface area contributed by atoms with Crippen LogP contribution < -0.4 is 11.1 Å². The third-order valence-corrected chi connectivity index (χ3v) is 3.93. The van der Waals surface area contributed by atoms with E-state index in [9.17, 15) is 4.79 Å². The van der Waals surface area contributed by atoms with E-state index in [1.807, 2.05) is 5.38 Å². The zero-order valence-corrected chi connectivity index (χ0v) is 10.8. The van der Waals surface area contributed by atoms with Crippen LogP contribution in [-0.4, -0.2) is 23.5 Å². The number of rotatable bonds is 5. The molecule has 2 rings (SSSR count). The fraction of sp³-hybridized carbons (Fsp3) is 0.667. The van der Waals surface area contributed by atoms with Crippen LogP contribution in [-0.2, 0) is 17.6 Å². The van der Waals surface area contributed by atoms with E-state index in [0.29, 0.717) is 19.0 Å². The highest BCUT2D eigenvalue weighted by molar-refractivity contribution is 7.09. The van der Waals surface area contributed by atoms with Crippen molar-refractivity contribution in [1.29, 1.82) is 0 Å². The van der Waals surface area contributed by atoms with E-state index in [0.717, 1.165) is 30.0 Å². The molecule has 0 unspecified atom stereocenters. The lowest BCUT2D eigenvalue weighted by molar-refractivity contribution is -0.121. The minimum Gasteiger partial charge on any atom is -0.353 e. The summed E-state index contributed by atoms with van der Waals surface area (Å²) >= 11 is 1.55. The summed E-state index contributed by atoms with van der Waals surface area (Å²) in [5, 5.41) is 5.96. The second-order valence-electron chi connectivity index (χ2n) is 4.50. The molecule has 0 saturated heterocycles. The van der Waals surface area contributed by atoms with Crippen LogP contribution in [0.2, 0.25) is 0 Å². The Morgan fingerprint density at radius 1 is 1.53 bits per heavy atom. The Hall–Kier alpha value is -0.940. The summed E-state index contributed by atoms with van der Waals surface area (Å²) in [5.74, 6) is 0.102. The molecule has 1 aromatic rings. The van der Waals surface area contributed by atoms with Crippen molar-refractivity contribution in [3.63, 3.8) is 0 Å². The average molecular weight is 253 g/mol. The molecule has 1 fully saturated rings. The van der Waals surface area contributed by atoms with Crippen LogP contribution in [0.5, 0.6) is 0 Å². The van der Waals surface area contributed by atoms with Gasteiger partial charge in [0.15, 0.2) is 0 Å². The summed E-state index contributed by atoms with van der Waals surface area (Å²) < 4.78 is 0. The summed E-state index contributed by atoms with van der Waals surface area (Å²) in [4.78, 5) is 16.2. The first-order valence-corrected chi connectivity index (χ1v) is 7.08. The van der Waals surface area contributed by atoms with Crippen LogP contribution in [0.25, 0.3) is 0 Å². The lowest BCUT2D eigenvalue weighted by Gasteiger charge is -2.10. The van der Waals surface area contributed by atoms with E-state index in [-0.39, 0.29) is 5.91 Å². The summed E-state index contributed by atoms with van der Waals surface area (Å²) in [7, 11) is 0. The molecule has 1 saturated carbocycles. The van der Waals surface area contributed by atoms with Gasteiger partial charge in [-0.25, -0.2) is 4.98 Å². The SMILES string of the molecule is NCCc1csc(CC(=O)NC2CCCC2)n1. The van der Waals surface area contributed by atoms with Crippen molar-refractivity contribution in [2.75, 3.05) is 6.54 Å². The second-order valence-corrected chi connectivity index (χ2v) is 5.44. The Balaban J connectivity index is 1.80. The zero-order valence-electron chi connectivity index (χ0n) is 9.95. The van der Waals surface area contributed by atoms with Gasteiger partial charge in [-0.15, -0.1) is 11.3 Å². The number of nitrogens with two attached hydrogens (primary N) is 1. The predicted molar refractivity (Wildman–Crippen MR) is 69.0 cm³/mol. The van der Waals surface area contributed by atoms with E-state index in [1.165, 1.54) is 12.8 Å². The van der Waals surface area contributed by atoms with E-state index in [1.54, 1.807) is 11.3 Å². The molecule has 1 aliphatic rings. The molecule has 5 heteroatoms. The Morgan fingerprint density at radius 3 is 3.00 bits per heavy atom. The normalized spacial score (nSPS) is 16.3. The lowest BCUT2D eigenvalue weighted by atomic mass is 10.2. The molecular formula is C12H19N3OS. The molecule has 4 nitrogen and oxygen atoms in total. The molecule has 94 valence electrons. The monoisotopic (exact) mass is 253 g/mol. The molecule has 0 radical (unpaired) electrons. The fourth-order valence-corrected chi connectivity index (χ4v) is 3.01. The molecule has 1 heterocycles. The number of aromatic nitrogens is 1. The molecule has 0 atom stereocenters. The number of carbonyl (C=O) groups is 1. The van der Waals surface area contributed by atoms with Crippen LogP contribution >= 0.6 is 11.3 Å². The Kier molecular flexibility index (Phi) is 4.50. The maximum absolute atomic E-state index is 11.8. The van der Waals surface area contributed by atoms with E-state index in [2.05, 4.69) is 10.3 Å². The van der Waals surface area contributed by atoms with Crippen molar-refractivity contribution >= 4 is 17.2 Å². The molecule has 17 heavy (non-hydrogen) atoms. The number of carbonyl (C=O) groups excluding carboxylic acids is 1. The van der Waals surface area contributed by atoms with Gasteiger partial charge in [0.2, 0.25) is 5.91 Å². The Morgan fingerprint density at radius 2 is 2.29 bits per heavy atom. The van der Waals surface area contributed by atoms with Crippen molar-refractivity contribution in [2.45, 2.75) is 44.6 Å². The van der Waals surface area contributed by atoms with Crippen LogP contribution in [0.1, 0.15) is 36.4 Å². The first kappa shape index (κ1) is 12.5. The van der Waals surface area contributed by atoms with Crippen LogP contribution in [0.3, 0.4) is 0 Å². The van der Waals surface area contributed by atoms with Gasteiger partial charge < -0.3 is 11.1 Å². The van der Waals surface area contributed by atoms with Gasteiger partial charge in [-0.2, -0.15) is 0 Å². The van der Waals surface area contributed by atoms with Crippen LogP contribution in [0.15, 0.2) is 5.38 Å². The predicted octanol–water partition coefficient (Wildman–Crippen LogP) is 1.25. The van der Waals surface area contributed by atoms with Gasteiger partial charge >= 0.3 is 0 Å². The molecule has 1 aromatic heterocycles. The van der Waals surface area contributed by atoms with Crippen molar-refractivity contribution in [1.82, 2.24) is 10.3 Å². The van der Waals surface area contributed by atoms with Gasteiger partial charge in [0, 0.05) is 17.8 Å². The van der Waals surface area contributed by atoms with E-state index >= 15 is 0 Å². The largest absolute Gasteiger partial charge is 0.353 e. The Labute approximate surface area is 106 Å². The molecular weight excluding hydrogens is 234 g/mol. The number of hydrogen-bond acceptors (Lipinski definition) is 4. The number of thiazole rings is 1. The quantitative estimate of drug-likeness (QED) is 0.829. The third kappa shape index (κ3) is 3.78. The number of amides is 1. The minimum absolute atomic E-state index is 0.102. The van der Waals surface area contributed by atoms with E-state index < -0.39 is 0 Å². The maximum Gasteiger partial charge on any atom is 0.227 e. The zero-order chi connectivity index (χ0) is 12.1. The fourth-order valence-electron chi connectivity index (χ4n) is 2.18. The molecule has 3 N–H and O–H groups in total. The highest BCUT2D eigenvalue weighted by Gasteiger charge is 2.17. The van der Waals surface area contributed by atoms with Gasteiger partial charge in [0.25, 0.3) is 0 Å². The number of nitrogens with one attached hydrogen (secondary N) is 1. The Bertz CT molecular complexity index is 372. The standard InChI is InChI=1S/C12H19N3OS/c13-6-5-10-8-17-12(15-10)7-11(16)14-9-3-1-2-4-9/h8-9H,1-7,13H2,(H,14,16). The maximum atomic E-state index is 11.8. The molecule has 0 spiro atoms. The second kappa shape index (κ2) is 6.12. The topological polar surface area (TPSA) is 68.0 Å². The summed E-state index contributed by atoms with van der Waals surface area (Å²) in [6.45, 7) is 0.609. The van der Waals surface area contributed by atoms with Crippen molar-refractivity contribution in [3.8, 4) is 0 Å². The molecule has 0 bridgehead atoms. The first-order chi connectivity index (χ1) is 8.28. The van der Waals surface area contributed by atoms with E-state index in [4.69, 9.17) is 5.73 Å². The highest BCUT2D eigenvalue weighted by Crippen LogP contribution is 2.18. The minimum atomic E-state index is 0.102. The highest BCUT2D eigenvalue weighted by atomic mass is 32.1. The van der Waals surface area contributed by atoms with Gasteiger partial charge in [0.1, 0.15) is 5.01 Å². The van der Waals surface area contributed by atoms with Crippen LogP contribution in [0.4, 0.5) is 0 Å². The molecule has 0 aliphatic heterocycles.